The monoisotopic (exact) mass is 341 g/mol. The van der Waals surface area contributed by atoms with Crippen molar-refractivity contribution in [1.82, 2.24) is 5.32 Å². The molecule has 1 atom stereocenters. The van der Waals surface area contributed by atoms with Crippen LogP contribution in [0.1, 0.15) is 10.9 Å². The van der Waals surface area contributed by atoms with Crippen LogP contribution in [0.25, 0.3) is 0 Å². The van der Waals surface area contributed by atoms with Crippen LogP contribution in [-0.2, 0) is 14.3 Å². The maximum atomic E-state index is 11.9. The predicted molar refractivity (Wildman–Crippen MR) is 83.5 cm³/mol. The molecule has 22 heavy (non-hydrogen) atoms. The van der Waals surface area contributed by atoms with Crippen molar-refractivity contribution in [2.24, 2.45) is 0 Å². The molecule has 0 saturated heterocycles. The topological polar surface area (TPSA) is 81.7 Å². The van der Waals surface area contributed by atoms with Gasteiger partial charge in [0.2, 0.25) is 0 Å². The highest BCUT2D eigenvalue weighted by Crippen LogP contribution is 2.20. The number of benzene rings is 1. The number of hydrogen-bond donors (Lipinski definition) is 1. The van der Waals surface area contributed by atoms with E-state index in [1.165, 1.54) is 11.3 Å². The summed E-state index contributed by atoms with van der Waals surface area (Å²) in [4.78, 5) is 12.7. The third kappa shape index (κ3) is 5.47. The van der Waals surface area contributed by atoms with Gasteiger partial charge in [0.15, 0.2) is 0 Å². The maximum Gasteiger partial charge on any atom is 0.413 e. The zero-order chi connectivity index (χ0) is 16.0. The molecule has 0 bridgehead atoms. The van der Waals surface area contributed by atoms with E-state index in [4.69, 9.17) is 8.92 Å². The number of hydrogen-bond acceptors (Lipinski definition) is 6. The summed E-state index contributed by atoms with van der Waals surface area (Å²) in [7, 11) is -3.59. The van der Waals surface area contributed by atoms with Gasteiger partial charge in [-0.05, 0) is 23.6 Å². The molecule has 2 rings (SSSR count). The van der Waals surface area contributed by atoms with Crippen LogP contribution in [0.15, 0.2) is 47.8 Å². The third-order valence-corrected chi connectivity index (χ3v) is 4.13. The van der Waals surface area contributed by atoms with Gasteiger partial charge in [-0.1, -0.05) is 24.3 Å². The van der Waals surface area contributed by atoms with Crippen molar-refractivity contribution in [2.45, 2.75) is 6.04 Å². The van der Waals surface area contributed by atoms with Gasteiger partial charge in [0.1, 0.15) is 5.75 Å². The van der Waals surface area contributed by atoms with Gasteiger partial charge in [0.25, 0.3) is 10.1 Å². The first kappa shape index (κ1) is 16.5. The Hall–Kier alpha value is -1.90. The van der Waals surface area contributed by atoms with Gasteiger partial charge >= 0.3 is 6.09 Å². The summed E-state index contributed by atoms with van der Waals surface area (Å²) >= 11 is 1.38. The molecule has 0 saturated carbocycles. The summed E-state index contributed by atoms with van der Waals surface area (Å²) < 4.78 is 32.1. The number of nitrogens with one attached hydrogen (secondary N) is 1. The van der Waals surface area contributed by atoms with E-state index in [1.54, 1.807) is 42.5 Å². The summed E-state index contributed by atoms with van der Waals surface area (Å²) in [6.07, 6.45) is 0.280. The van der Waals surface area contributed by atoms with E-state index in [0.29, 0.717) is 5.75 Å². The van der Waals surface area contributed by atoms with Crippen molar-refractivity contribution in [3.63, 3.8) is 0 Å². The van der Waals surface area contributed by atoms with Crippen molar-refractivity contribution in [3.8, 4) is 5.75 Å². The van der Waals surface area contributed by atoms with Crippen molar-refractivity contribution in [1.29, 1.82) is 0 Å². The highest BCUT2D eigenvalue weighted by atomic mass is 32.2. The molecule has 8 heteroatoms. The molecular weight excluding hydrogens is 326 g/mol. The third-order valence-electron chi connectivity index (χ3n) is 2.58. The fourth-order valence-electron chi connectivity index (χ4n) is 1.64. The second-order valence-corrected chi connectivity index (χ2v) is 7.03. The van der Waals surface area contributed by atoms with Crippen LogP contribution < -0.4 is 10.1 Å². The van der Waals surface area contributed by atoms with Crippen LogP contribution in [-0.4, -0.2) is 27.4 Å². The second-order valence-electron chi connectivity index (χ2n) is 4.40. The molecule has 1 aromatic carbocycles. The Balaban J connectivity index is 2.01. The fraction of sp³-hybridized carbons (Fsp3) is 0.214. The van der Waals surface area contributed by atoms with Gasteiger partial charge in [-0.15, -0.1) is 11.3 Å². The molecule has 0 spiro atoms. The first-order valence-corrected chi connectivity index (χ1v) is 9.05. The van der Waals surface area contributed by atoms with Crippen LogP contribution in [0.5, 0.6) is 5.75 Å². The standard InChI is InChI=1S/C14H15NO5S2/c1-22(17,18)19-10-12(13-8-5-9-21-13)15-14(16)20-11-6-3-2-4-7-11/h2-9,12H,10H2,1H3,(H,15,16). The van der Waals surface area contributed by atoms with Crippen LogP contribution >= 0.6 is 11.3 Å². The Morgan fingerprint density at radius 1 is 1.23 bits per heavy atom. The van der Waals surface area contributed by atoms with Crippen molar-refractivity contribution in [3.05, 3.63) is 52.7 Å². The van der Waals surface area contributed by atoms with Crippen LogP contribution in [0.4, 0.5) is 4.79 Å². The van der Waals surface area contributed by atoms with E-state index in [0.717, 1.165) is 11.1 Å². The van der Waals surface area contributed by atoms with Gasteiger partial charge < -0.3 is 10.1 Å². The Bertz CT molecular complexity index is 698. The number of carbonyl (C=O) groups is 1. The zero-order valence-corrected chi connectivity index (χ0v) is 13.4. The normalized spacial score (nSPS) is 12.6. The Morgan fingerprint density at radius 2 is 1.95 bits per heavy atom. The van der Waals surface area contributed by atoms with Crippen molar-refractivity contribution in [2.75, 3.05) is 12.9 Å². The van der Waals surface area contributed by atoms with E-state index < -0.39 is 22.3 Å². The van der Waals surface area contributed by atoms with E-state index >= 15 is 0 Å². The first-order chi connectivity index (χ1) is 10.4. The van der Waals surface area contributed by atoms with E-state index in [1.807, 2.05) is 5.38 Å². The van der Waals surface area contributed by atoms with Crippen molar-refractivity contribution >= 4 is 27.5 Å². The Labute approximate surface area is 132 Å². The Morgan fingerprint density at radius 3 is 2.55 bits per heavy atom. The van der Waals surface area contributed by atoms with Gasteiger partial charge in [-0.25, -0.2) is 4.79 Å². The molecule has 6 nitrogen and oxygen atoms in total. The molecule has 1 amide bonds. The molecule has 0 fully saturated rings. The molecular formula is C14H15NO5S2. The quantitative estimate of drug-likeness (QED) is 0.817. The zero-order valence-electron chi connectivity index (χ0n) is 11.8. The van der Waals surface area contributed by atoms with E-state index in [9.17, 15) is 13.2 Å². The molecule has 1 aromatic heterocycles. The summed E-state index contributed by atoms with van der Waals surface area (Å²) in [6, 6.07) is 11.6. The van der Waals surface area contributed by atoms with Gasteiger partial charge in [0, 0.05) is 4.88 Å². The number of rotatable bonds is 6. The lowest BCUT2D eigenvalue weighted by molar-refractivity contribution is 0.188. The number of amides is 1. The fourth-order valence-corrected chi connectivity index (χ4v) is 2.79. The molecule has 0 aliphatic rings. The predicted octanol–water partition coefficient (Wildman–Crippen LogP) is 2.55. The lowest BCUT2D eigenvalue weighted by Crippen LogP contribution is -2.33. The maximum absolute atomic E-state index is 11.9. The minimum absolute atomic E-state index is 0.191. The van der Waals surface area contributed by atoms with Gasteiger partial charge in [0.05, 0.1) is 18.9 Å². The summed E-state index contributed by atoms with van der Waals surface area (Å²) in [5.41, 5.74) is 0. The van der Waals surface area contributed by atoms with Crippen LogP contribution in [0, 0.1) is 0 Å². The number of carbonyl (C=O) groups excluding carboxylic acids is 1. The molecule has 1 heterocycles. The van der Waals surface area contributed by atoms with Crippen molar-refractivity contribution < 1.29 is 22.1 Å². The lowest BCUT2D eigenvalue weighted by Gasteiger charge is -2.16. The molecule has 1 unspecified atom stereocenters. The summed E-state index contributed by atoms with van der Waals surface area (Å²) in [6.45, 7) is -0.191. The highest BCUT2D eigenvalue weighted by Gasteiger charge is 2.19. The van der Waals surface area contributed by atoms with Crippen LogP contribution in [0.3, 0.4) is 0 Å². The number of ether oxygens (including phenoxy) is 1. The number of thiophene rings is 1. The molecule has 2 aromatic rings. The summed E-state index contributed by atoms with van der Waals surface area (Å²) in [5, 5.41) is 4.43. The Kier molecular flexibility index (Phi) is 5.53. The summed E-state index contributed by atoms with van der Waals surface area (Å²) in [5.74, 6) is 0.397. The van der Waals surface area contributed by atoms with Crippen LogP contribution in [0.2, 0.25) is 0 Å². The van der Waals surface area contributed by atoms with Gasteiger partial charge in [-0.2, -0.15) is 8.42 Å². The average Bonchev–Trinajstić information content (AvgIpc) is 2.97. The molecule has 1 N–H and O–H groups in total. The molecule has 0 radical (unpaired) electrons. The first-order valence-electron chi connectivity index (χ1n) is 6.35. The highest BCUT2D eigenvalue weighted by molar-refractivity contribution is 7.85. The SMILES string of the molecule is CS(=O)(=O)OCC(NC(=O)Oc1ccccc1)c1cccs1. The molecule has 0 aliphatic carbocycles. The van der Waals surface area contributed by atoms with E-state index in [-0.39, 0.29) is 6.61 Å². The molecule has 118 valence electrons. The largest absolute Gasteiger partial charge is 0.413 e. The minimum atomic E-state index is -3.59. The average molecular weight is 341 g/mol. The molecule has 0 aliphatic heterocycles. The number of para-hydroxylation sites is 1. The smallest absolute Gasteiger partial charge is 0.410 e. The van der Waals surface area contributed by atoms with E-state index in [2.05, 4.69) is 5.32 Å². The van der Waals surface area contributed by atoms with Gasteiger partial charge in [-0.3, -0.25) is 4.18 Å². The minimum Gasteiger partial charge on any atom is -0.410 e. The second kappa shape index (κ2) is 7.39. The lowest BCUT2D eigenvalue weighted by atomic mass is 10.2.